The van der Waals surface area contributed by atoms with E-state index in [0.29, 0.717) is 0 Å². The van der Waals surface area contributed by atoms with Crippen LogP contribution >= 0.6 is 11.8 Å². The van der Waals surface area contributed by atoms with Gasteiger partial charge >= 0.3 is 0 Å². The number of benzene rings is 2. The van der Waals surface area contributed by atoms with Crippen molar-refractivity contribution in [2.75, 3.05) is 0 Å². The minimum atomic E-state index is 0.900. The third kappa shape index (κ3) is 1.82. The highest BCUT2D eigenvalue weighted by Crippen LogP contribution is 2.29. The maximum Gasteiger partial charge on any atom is 0.131 e. The predicted molar refractivity (Wildman–Crippen MR) is 64.6 cm³/mol. The molecule has 0 saturated heterocycles. The first-order chi connectivity index (χ1) is 7.92. The molecule has 0 atom stereocenters. The Morgan fingerprint density at radius 3 is 2.69 bits per heavy atom. The summed E-state index contributed by atoms with van der Waals surface area (Å²) in [6.07, 6.45) is 1.67. The van der Waals surface area contributed by atoms with Crippen LogP contribution < -0.4 is 0 Å². The van der Waals surface area contributed by atoms with Crippen molar-refractivity contribution in [3.63, 3.8) is 0 Å². The van der Waals surface area contributed by atoms with Gasteiger partial charge in [-0.05, 0) is 30.3 Å². The summed E-state index contributed by atoms with van der Waals surface area (Å²) < 4.78 is 4.91. The van der Waals surface area contributed by atoms with Crippen molar-refractivity contribution < 1.29 is 4.52 Å². The van der Waals surface area contributed by atoms with Crippen LogP contribution in [0, 0.1) is 0 Å². The molecule has 0 amide bonds. The van der Waals surface area contributed by atoms with E-state index in [1.807, 2.05) is 24.3 Å². The smallest absolute Gasteiger partial charge is 0.131 e. The molecule has 1 heterocycles. The van der Waals surface area contributed by atoms with E-state index in [1.54, 1.807) is 18.0 Å². The average Bonchev–Trinajstić information content (AvgIpc) is 2.77. The zero-order valence-electron chi connectivity index (χ0n) is 8.46. The number of fused-ring (bicyclic) bond motifs is 1. The molecule has 3 heteroatoms. The third-order valence-corrected chi connectivity index (χ3v) is 3.31. The maximum absolute atomic E-state index is 4.91. The Balaban J connectivity index is 1.94. The summed E-state index contributed by atoms with van der Waals surface area (Å²) >= 11 is 1.74. The zero-order chi connectivity index (χ0) is 10.8. The molecule has 0 fully saturated rings. The van der Waals surface area contributed by atoms with Crippen molar-refractivity contribution >= 4 is 22.7 Å². The molecular weight excluding hydrogens is 218 g/mol. The van der Waals surface area contributed by atoms with Gasteiger partial charge in [-0.25, -0.2) is 0 Å². The summed E-state index contributed by atoms with van der Waals surface area (Å²) in [7, 11) is 0. The van der Waals surface area contributed by atoms with E-state index in [2.05, 4.69) is 29.4 Å². The van der Waals surface area contributed by atoms with Crippen LogP contribution in [0.3, 0.4) is 0 Å². The van der Waals surface area contributed by atoms with Crippen molar-refractivity contribution in [1.29, 1.82) is 0 Å². The van der Waals surface area contributed by atoms with Crippen molar-refractivity contribution in [3.05, 3.63) is 54.8 Å². The first-order valence-electron chi connectivity index (χ1n) is 4.99. The van der Waals surface area contributed by atoms with Crippen molar-refractivity contribution in [3.8, 4) is 0 Å². The molecule has 0 aliphatic carbocycles. The largest absolute Gasteiger partial charge is 0.364 e. The zero-order valence-corrected chi connectivity index (χ0v) is 9.28. The molecule has 0 aliphatic heterocycles. The van der Waals surface area contributed by atoms with Gasteiger partial charge in [0.05, 0.1) is 0 Å². The second kappa shape index (κ2) is 4.02. The van der Waals surface area contributed by atoms with Crippen molar-refractivity contribution in [2.45, 2.75) is 9.79 Å². The number of aromatic nitrogens is 1. The molecule has 0 aliphatic rings. The molecule has 3 aromatic rings. The van der Waals surface area contributed by atoms with Crippen molar-refractivity contribution in [2.24, 2.45) is 0 Å². The van der Waals surface area contributed by atoms with E-state index in [0.717, 1.165) is 10.9 Å². The lowest BCUT2D eigenvalue weighted by atomic mass is 10.3. The molecule has 78 valence electrons. The van der Waals surface area contributed by atoms with Crippen LogP contribution in [0.1, 0.15) is 0 Å². The lowest BCUT2D eigenvalue weighted by Crippen LogP contribution is -1.73. The van der Waals surface area contributed by atoms with Gasteiger partial charge < -0.3 is 4.52 Å². The summed E-state index contributed by atoms with van der Waals surface area (Å²) in [5, 5.41) is 4.93. The summed E-state index contributed by atoms with van der Waals surface area (Å²) in [5.41, 5.74) is 0.900. The molecule has 0 N–H and O–H groups in total. The molecule has 2 aromatic carbocycles. The van der Waals surface area contributed by atoms with Gasteiger partial charge in [0.1, 0.15) is 11.8 Å². The van der Waals surface area contributed by atoms with E-state index in [4.69, 9.17) is 4.52 Å². The Labute approximate surface area is 97.3 Å². The van der Waals surface area contributed by atoms with Gasteiger partial charge in [0.25, 0.3) is 0 Å². The molecule has 0 spiro atoms. The fourth-order valence-corrected chi connectivity index (χ4v) is 2.43. The first-order valence-corrected chi connectivity index (χ1v) is 5.80. The molecule has 0 unspecified atom stereocenters. The maximum atomic E-state index is 4.91. The fraction of sp³-hybridized carbons (Fsp3) is 0. The van der Waals surface area contributed by atoms with E-state index < -0.39 is 0 Å². The van der Waals surface area contributed by atoms with Crippen LogP contribution in [0.4, 0.5) is 0 Å². The van der Waals surface area contributed by atoms with Crippen LogP contribution in [0.15, 0.2) is 69.1 Å². The first kappa shape index (κ1) is 9.48. The van der Waals surface area contributed by atoms with E-state index in [-0.39, 0.29) is 0 Å². The molecule has 1 aromatic heterocycles. The number of rotatable bonds is 2. The summed E-state index contributed by atoms with van der Waals surface area (Å²) in [6, 6.07) is 16.4. The predicted octanol–water partition coefficient (Wildman–Crippen LogP) is 3.98. The van der Waals surface area contributed by atoms with Gasteiger partial charge in [0, 0.05) is 15.2 Å². The Morgan fingerprint density at radius 1 is 0.938 bits per heavy atom. The van der Waals surface area contributed by atoms with Gasteiger partial charge in [0.2, 0.25) is 0 Å². The van der Waals surface area contributed by atoms with E-state index in [1.165, 1.54) is 9.79 Å². The van der Waals surface area contributed by atoms with E-state index in [9.17, 15) is 0 Å². The van der Waals surface area contributed by atoms with Crippen LogP contribution in [-0.4, -0.2) is 5.16 Å². The second-order valence-electron chi connectivity index (χ2n) is 3.45. The normalized spacial score (nSPS) is 10.8. The Bertz CT molecular complexity index is 603. The van der Waals surface area contributed by atoms with Crippen molar-refractivity contribution in [1.82, 2.24) is 5.16 Å². The lowest BCUT2D eigenvalue weighted by molar-refractivity contribution is 0.428. The van der Waals surface area contributed by atoms with E-state index >= 15 is 0 Å². The minimum absolute atomic E-state index is 0.900. The fourth-order valence-electron chi connectivity index (χ4n) is 1.54. The van der Waals surface area contributed by atoms with Gasteiger partial charge in [-0.15, -0.1) is 0 Å². The quantitative estimate of drug-likeness (QED) is 0.662. The Morgan fingerprint density at radius 2 is 1.81 bits per heavy atom. The van der Waals surface area contributed by atoms with Gasteiger partial charge in [-0.2, -0.15) is 0 Å². The third-order valence-electron chi connectivity index (χ3n) is 2.31. The molecule has 3 rings (SSSR count). The average molecular weight is 227 g/mol. The molecule has 0 saturated carbocycles. The van der Waals surface area contributed by atoms with Gasteiger partial charge in [-0.1, -0.05) is 35.1 Å². The molecule has 16 heavy (non-hydrogen) atoms. The van der Waals surface area contributed by atoms with Crippen LogP contribution in [-0.2, 0) is 0 Å². The summed E-state index contributed by atoms with van der Waals surface area (Å²) in [4.78, 5) is 2.43. The monoisotopic (exact) mass is 227 g/mol. The van der Waals surface area contributed by atoms with Crippen LogP contribution in [0.5, 0.6) is 0 Å². The second-order valence-corrected chi connectivity index (χ2v) is 4.60. The summed E-state index contributed by atoms with van der Waals surface area (Å²) in [6.45, 7) is 0. The molecule has 0 radical (unpaired) electrons. The molecule has 0 bridgehead atoms. The molecular formula is C13H9NOS. The Hall–Kier alpha value is -1.74. The van der Waals surface area contributed by atoms with Crippen LogP contribution in [0.25, 0.3) is 10.9 Å². The van der Waals surface area contributed by atoms with Crippen LogP contribution in [0.2, 0.25) is 0 Å². The lowest BCUT2D eigenvalue weighted by Gasteiger charge is -2.00. The SMILES string of the molecule is c1ccc(Sc2ccc3nocc3c2)cc1. The minimum Gasteiger partial charge on any atom is -0.364 e. The topological polar surface area (TPSA) is 26.0 Å². The number of nitrogens with zero attached hydrogens (tertiary/aromatic N) is 1. The number of hydrogen-bond donors (Lipinski definition) is 0. The molecule has 2 nitrogen and oxygen atoms in total. The Kier molecular flexibility index (Phi) is 2.38. The highest BCUT2D eigenvalue weighted by molar-refractivity contribution is 7.99. The van der Waals surface area contributed by atoms with Gasteiger partial charge in [0.15, 0.2) is 0 Å². The number of hydrogen-bond acceptors (Lipinski definition) is 3. The summed E-state index contributed by atoms with van der Waals surface area (Å²) in [5.74, 6) is 0. The standard InChI is InChI=1S/C13H9NOS/c1-2-4-11(5-3-1)16-12-6-7-13-10(8-12)9-15-14-13/h1-9H. The highest BCUT2D eigenvalue weighted by atomic mass is 32.2. The highest BCUT2D eigenvalue weighted by Gasteiger charge is 2.01. The van der Waals surface area contributed by atoms with Gasteiger partial charge in [-0.3, -0.25) is 0 Å².